The van der Waals surface area contributed by atoms with Gasteiger partial charge in [-0.15, -0.1) is 0 Å². The van der Waals surface area contributed by atoms with Crippen molar-refractivity contribution in [1.29, 1.82) is 0 Å². The first-order valence-corrected chi connectivity index (χ1v) is 20.6. The van der Waals surface area contributed by atoms with Gasteiger partial charge in [-0.05, 0) is 48.5 Å². The zero-order chi connectivity index (χ0) is 45.7. The van der Waals surface area contributed by atoms with Gasteiger partial charge in [0.1, 0.15) is 28.3 Å². The minimum Gasteiger partial charge on any atom is -0.481 e. The van der Waals surface area contributed by atoms with Crippen molar-refractivity contribution in [2.45, 2.75) is 0 Å². The molecular formula is C34H32Cl3N7O15S2. The molecule has 0 aliphatic rings. The molecule has 61 heavy (non-hydrogen) atoms. The van der Waals surface area contributed by atoms with E-state index in [1.807, 2.05) is 5.32 Å². The van der Waals surface area contributed by atoms with Crippen molar-refractivity contribution in [3.05, 3.63) is 104 Å². The number of carboxylic acid groups (broad SMARTS) is 1. The number of nitrogens with one attached hydrogen (secondary N) is 2. The first-order valence-electron chi connectivity index (χ1n) is 16.2. The number of carbonyl (C=O) groups is 3. The van der Waals surface area contributed by atoms with E-state index in [0.717, 1.165) is 25.6 Å². The summed E-state index contributed by atoms with van der Waals surface area (Å²) in [5.74, 6) is -1.13. The summed E-state index contributed by atoms with van der Waals surface area (Å²) in [5.41, 5.74) is -0.0206. The molecule has 3 aromatic carbocycles. The Hall–Kier alpha value is -6.31. The molecule has 2 amide bonds. The molecule has 3 N–H and O–H groups in total. The molecule has 2 heterocycles. The van der Waals surface area contributed by atoms with Crippen LogP contribution in [0.4, 0.5) is 16.4 Å². The highest BCUT2D eigenvalue weighted by Gasteiger charge is 2.28. The molecule has 0 spiro atoms. The third-order valence-electron chi connectivity index (χ3n) is 7.07. The molecule has 0 aliphatic carbocycles. The molecule has 2 aromatic heterocycles. The fraction of sp³-hybridized carbons (Fsp3) is 0.176. The Labute approximate surface area is 361 Å². The number of sulfonamides is 1. The number of esters is 1. The maximum Gasteiger partial charge on any atom is 0.345 e. The van der Waals surface area contributed by atoms with E-state index in [0.29, 0.717) is 33.3 Å². The summed E-state index contributed by atoms with van der Waals surface area (Å²) in [6, 6.07) is 15.2. The summed E-state index contributed by atoms with van der Waals surface area (Å²) in [6.07, 6.45) is 2.27. The second-order valence-electron chi connectivity index (χ2n) is 11.2. The molecule has 0 saturated carbocycles. The van der Waals surface area contributed by atoms with Crippen LogP contribution in [0.2, 0.25) is 15.1 Å². The van der Waals surface area contributed by atoms with Crippen molar-refractivity contribution in [2.24, 2.45) is 0 Å². The van der Waals surface area contributed by atoms with Crippen LogP contribution < -0.4 is 29.0 Å². The van der Waals surface area contributed by atoms with Gasteiger partial charge in [-0.2, -0.15) is 18.4 Å². The number of pyridine rings is 1. The summed E-state index contributed by atoms with van der Waals surface area (Å²) >= 11 is 17.7. The van der Waals surface area contributed by atoms with Crippen LogP contribution >= 0.6 is 34.8 Å². The molecule has 27 heteroatoms. The molecule has 326 valence electrons. The maximum absolute atomic E-state index is 11.7. The van der Waals surface area contributed by atoms with Crippen molar-refractivity contribution in [3.8, 4) is 29.0 Å². The summed E-state index contributed by atoms with van der Waals surface area (Å²) < 4.78 is 72.2. The molecule has 5 rings (SSSR count). The number of nitrogens with zero attached hydrogens (tertiary/aromatic N) is 5. The number of hydrogen-bond acceptors (Lipinski definition) is 17. The highest BCUT2D eigenvalue weighted by molar-refractivity contribution is 8.03. The van der Waals surface area contributed by atoms with Gasteiger partial charge in [0, 0.05) is 35.8 Å². The standard InChI is InChI=1S/C14H9Cl2NO5.C11H8ClNO3.C9H15N5O7S2/c1-21-14(18)10-7-9(3-4-12(10)17(19)20)22-13-5-2-8(15)6-11(13)16;12-8-3-4-9(16-6-10(14)15)11-7(8)2-1-5-13-11;1-14(22(4,16)17)23(18,19)13-9(15)12-8-10-6(20-2)5-7(11-8)21-3/h2-7H,1H3;1-5H,6H2,(H,14,15);5H,1-4H3,(H2,10,11,12,13,15). The number of nitro benzene ring substituents is 1. The molecule has 5 aromatic rings. The first kappa shape index (κ1) is 49.1. The molecule has 0 atom stereocenters. The van der Waals surface area contributed by atoms with Crippen molar-refractivity contribution >= 4 is 95.5 Å². The first-order chi connectivity index (χ1) is 28.6. The van der Waals surface area contributed by atoms with E-state index in [4.69, 9.17) is 58.9 Å². The summed E-state index contributed by atoms with van der Waals surface area (Å²) in [4.78, 5) is 55.6. The maximum atomic E-state index is 11.7. The number of anilines is 1. The van der Waals surface area contributed by atoms with Gasteiger partial charge in [-0.1, -0.05) is 38.5 Å². The third-order valence-corrected chi connectivity index (χ3v) is 11.4. The quantitative estimate of drug-likeness (QED) is 0.0737. The van der Waals surface area contributed by atoms with E-state index in [9.17, 15) is 41.3 Å². The van der Waals surface area contributed by atoms with Crippen molar-refractivity contribution < 1.29 is 64.9 Å². The van der Waals surface area contributed by atoms with Crippen LogP contribution in [0, 0.1) is 10.1 Å². The zero-order valence-electron chi connectivity index (χ0n) is 32.0. The van der Waals surface area contributed by atoms with E-state index in [-0.39, 0.29) is 43.4 Å². The predicted molar refractivity (Wildman–Crippen MR) is 220 cm³/mol. The Balaban J connectivity index is 0.000000248. The van der Waals surface area contributed by atoms with Gasteiger partial charge < -0.3 is 28.8 Å². The van der Waals surface area contributed by atoms with Crippen LogP contribution in [0.25, 0.3) is 10.9 Å². The number of carbonyl (C=O) groups excluding carboxylic acids is 2. The number of benzene rings is 3. The highest BCUT2D eigenvalue weighted by atomic mass is 35.5. The van der Waals surface area contributed by atoms with Gasteiger partial charge in [-0.25, -0.2) is 27.5 Å². The minimum atomic E-state index is -4.60. The topological polar surface area (TPSA) is 295 Å². The molecule has 0 aliphatic heterocycles. The molecule has 0 saturated heterocycles. The lowest BCUT2D eigenvalue weighted by Crippen LogP contribution is -2.45. The van der Waals surface area contributed by atoms with Crippen molar-refractivity contribution in [2.75, 3.05) is 46.6 Å². The van der Waals surface area contributed by atoms with Crippen molar-refractivity contribution in [1.82, 2.24) is 23.4 Å². The van der Waals surface area contributed by atoms with Gasteiger partial charge in [0.05, 0.1) is 48.6 Å². The molecule has 0 unspecified atom stereocenters. The number of rotatable bonds is 13. The number of nitro groups is 1. The van der Waals surface area contributed by atoms with Gasteiger partial charge in [-0.3, -0.25) is 20.4 Å². The third kappa shape index (κ3) is 14.4. The Kier molecular flexibility index (Phi) is 17.5. The molecule has 22 nitrogen and oxygen atoms in total. The summed E-state index contributed by atoms with van der Waals surface area (Å²) in [6.45, 7) is -0.396. The minimum absolute atomic E-state index is 0.00654. The molecule has 0 bridgehead atoms. The Morgan fingerprint density at radius 1 is 0.885 bits per heavy atom. The van der Waals surface area contributed by atoms with E-state index in [1.54, 1.807) is 42.6 Å². The lowest BCUT2D eigenvalue weighted by atomic mass is 10.1. The number of urea groups is 1. The monoisotopic (exact) mass is 947 g/mol. The average Bonchev–Trinajstić information content (AvgIpc) is 3.20. The van der Waals surface area contributed by atoms with E-state index in [1.165, 1.54) is 43.2 Å². The van der Waals surface area contributed by atoms with Gasteiger partial charge in [0.2, 0.25) is 27.7 Å². The number of halogens is 3. The number of amides is 2. The number of fused-ring (bicyclic) bond motifs is 1. The normalized spacial score (nSPS) is 10.8. The number of carboxylic acids is 1. The number of ether oxygens (including phenoxy) is 5. The number of hydrogen-bond donors (Lipinski definition) is 3. The molecular weight excluding hydrogens is 917 g/mol. The van der Waals surface area contributed by atoms with E-state index < -0.39 is 49.7 Å². The second-order valence-corrected chi connectivity index (χ2v) is 16.4. The number of methoxy groups -OCH3 is 3. The number of aliphatic carboxylic acids is 1. The highest BCUT2D eigenvalue weighted by Crippen LogP contribution is 2.34. The smallest absolute Gasteiger partial charge is 0.345 e. The largest absolute Gasteiger partial charge is 0.481 e. The molecule has 0 radical (unpaired) electrons. The number of aromatic nitrogens is 3. The van der Waals surface area contributed by atoms with Crippen molar-refractivity contribution in [3.63, 3.8) is 0 Å². The Morgan fingerprint density at radius 3 is 2.08 bits per heavy atom. The lowest BCUT2D eigenvalue weighted by Gasteiger charge is -2.15. The Morgan fingerprint density at radius 2 is 1.52 bits per heavy atom. The summed E-state index contributed by atoms with van der Waals surface area (Å²) in [7, 11) is -4.13. The SMILES string of the molecule is COC(=O)c1cc(Oc2ccc(Cl)cc2Cl)ccc1[N+](=O)[O-].COc1cc(OC)nc(NC(=O)NS(=O)(=O)N(C)S(C)(=O)=O)n1.O=C(O)COc1ccc(Cl)c2cccnc12. The van der Waals surface area contributed by atoms with Crippen LogP contribution in [-0.4, -0.2) is 105 Å². The fourth-order valence-electron chi connectivity index (χ4n) is 4.22. The predicted octanol–water partition coefficient (Wildman–Crippen LogP) is 5.58. The van der Waals surface area contributed by atoms with Gasteiger partial charge >= 0.3 is 28.2 Å². The van der Waals surface area contributed by atoms with Crippen LogP contribution in [0.1, 0.15) is 10.4 Å². The van der Waals surface area contributed by atoms with Crippen LogP contribution in [0.3, 0.4) is 0 Å². The van der Waals surface area contributed by atoms with Gasteiger partial charge in [0.15, 0.2) is 6.61 Å². The zero-order valence-corrected chi connectivity index (χ0v) is 35.9. The Bertz CT molecular complexity index is 2640. The van der Waals surface area contributed by atoms with E-state index in [2.05, 4.69) is 19.7 Å². The van der Waals surface area contributed by atoms with Crippen LogP contribution in [0.15, 0.2) is 72.9 Å². The van der Waals surface area contributed by atoms with Crippen LogP contribution in [-0.2, 0) is 29.8 Å². The lowest BCUT2D eigenvalue weighted by molar-refractivity contribution is -0.385. The van der Waals surface area contributed by atoms with Gasteiger partial charge in [0.25, 0.3) is 5.69 Å². The van der Waals surface area contributed by atoms with E-state index >= 15 is 0 Å². The fourth-order valence-corrected chi connectivity index (χ4v) is 6.83. The molecule has 0 fully saturated rings. The average molecular weight is 949 g/mol. The second kappa shape index (κ2) is 21.8. The van der Waals surface area contributed by atoms with Crippen LogP contribution in [0.5, 0.6) is 29.0 Å². The summed E-state index contributed by atoms with van der Waals surface area (Å²) in [5, 5.41) is 23.5.